The maximum absolute atomic E-state index is 9.39. The molecule has 0 N–H and O–H groups in total. The predicted molar refractivity (Wildman–Crippen MR) is 165 cm³/mol. The first-order valence-electron chi connectivity index (χ1n) is 13.9. The standard InChI is InChI=1S/C36H29N5O2/c37-23-28-11-17-33(18-12-28)41(40-26-38-39-27-40)36(31-13-19-34(20-14-31)42-24-29-7-3-1-4-8-29)32-15-21-35(22-16-32)43-25-30-9-5-2-6-10-30/h1-22,26-27,36H,24-25H2. The Morgan fingerprint density at radius 2 is 1.07 bits per heavy atom. The molecule has 0 amide bonds. The van der Waals surface area contributed by atoms with Crippen molar-refractivity contribution in [1.82, 2.24) is 14.9 Å². The highest BCUT2D eigenvalue weighted by molar-refractivity contribution is 5.54. The summed E-state index contributed by atoms with van der Waals surface area (Å²) in [6.07, 6.45) is 3.33. The normalized spacial score (nSPS) is 10.7. The lowest BCUT2D eigenvalue weighted by atomic mass is 9.97. The van der Waals surface area contributed by atoms with Crippen LogP contribution in [0.1, 0.15) is 33.9 Å². The minimum Gasteiger partial charge on any atom is -0.489 e. The van der Waals surface area contributed by atoms with E-state index in [1.807, 2.05) is 114 Å². The molecule has 0 aliphatic rings. The third-order valence-corrected chi connectivity index (χ3v) is 7.05. The van der Waals surface area contributed by atoms with Crippen LogP contribution in [0.3, 0.4) is 0 Å². The molecule has 1 heterocycles. The third-order valence-electron chi connectivity index (χ3n) is 7.05. The molecule has 0 atom stereocenters. The number of nitriles is 1. The Hall–Kier alpha value is -5.87. The van der Waals surface area contributed by atoms with Gasteiger partial charge < -0.3 is 9.47 Å². The number of aromatic nitrogens is 3. The molecule has 6 rings (SSSR count). The van der Waals surface area contributed by atoms with E-state index in [4.69, 9.17) is 9.47 Å². The monoisotopic (exact) mass is 563 g/mol. The largest absolute Gasteiger partial charge is 0.489 e. The van der Waals surface area contributed by atoms with E-state index in [1.165, 1.54) is 0 Å². The second-order valence-electron chi connectivity index (χ2n) is 9.93. The fourth-order valence-electron chi connectivity index (χ4n) is 4.86. The van der Waals surface area contributed by atoms with E-state index in [9.17, 15) is 5.26 Å². The zero-order valence-corrected chi connectivity index (χ0v) is 23.4. The Bertz CT molecular complexity index is 1660. The molecule has 7 nitrogen and oxygen atoms in total. The number of anilines is 1. The SMILES string of the molecule is N#Cc1ccc(N(C(c2ccc(OCc3ccccc3)cc2)c2ccc(OCc3ccccc3)cc2)n2cnnc2)cc1. The van der Waals surface area contributed by atoms with Crippen molar-refractivity contribution in [3.8, 4) is 17.6 Å². The van der Waals surface area contributed by atoms with Crippen LogP contribution in [0.15, 0.2) is 146 Å². The van der Waals surface area contributed by atoms with Crippen LogP contribution in [-0.4, -0.2) is 14.9 Å². The molecule has 0 aliphatic heterocycles. The highest BCUT2D eigenvalue weighted by Gasteiger charge is 2.25. The number of nitrogens with zero attached hydrogens (tertiary/aromatic N) is 5. The van der Waals surface area contributed by atoms with Crippen molar-refractivity contribution >= 4 is 5.69 Å². The summed E-state index contributed by atoms with van der Waals surface area (Å²) in [5.41, 5.74) is 5.74. The van der Waals surface area contributed by atoms with E-state index in [0.29, 0.717) is 18.8 Å². The summed E-state index contributed by atoms with van der Waals surface area (Å²) < 4.78 is 14.0. The Kier molecular flexibility index (Phi) is 8.38. The third kappa shape index (κ3) is 6.72. The van der Waals surface area contributed by atoms with Crippen molar-refractivity contribution in [2.24, 2.45) is 0 Å². The van der Waals surface area contributed by atoms with Gasteiger partial charge in [-0.2, -0.15) is 5.26 Å². The maximum Gasteiger partial charge on any atom is 0.139 e. The Morgan fingerprint density at radius 3 is 1.51 bits per heavy atom. The van der Waals surface area contributed by atoms with E-state index >= 15 is 0 Å². The highest BCUT2D eigenvalue weighted by atomic mass is 16.5. The van der Waals surface area contributed by atoms with Crippen molar-refractivity contribution in [2.75, 3.05) is 5.01 Å². The lowest BCUT2D eigenvalue weighted by Gasteiger charge is -2.34. The molecule has 5 aromatic carbocycles. The summed E-state index contributed by atoms with van der Waals surface area (Å²) in [6.45, 7) is 0.984. The fourth-order valence-corrected chi connectivity index (χ4v) is 4.86. The molecule has 0 saturated carbocycles. The first-order valence-corrected chi connectivity index (χ1v) is 13.9. The molecule has 0 fully saturated rings. The molecule has 1 aromatic heterocycles. The number of hydrogen-bond acceptors (Lipinski definition) is 6. The maximum atomic E-state index is 9.39. The Morgan fingerprint density at radius 1 is 0.605 bits per heavy atom. The van der Waals surface area contributed by atoms with Gasteiger partial charge in [0.25, 0.3) is 0 Å². The van der Waals surface area contributed by atoms with E-state index in [0.717, 1.165) is 39.4 Å². The second kappa shape index (κ2) is 13.2. The van der Waals surface area contributed by atoms with Crippen LogP contribution < -0.4 is 14.5 Å². The van der Waals surface area contributed by atoms with Crippen LogP contribution in [0.25, 0.3) is 0 Å². The first-order chi connectivity index (χ1) is 21.3. The Balaban J connectivity index is 1.33. The zero-order chi connectivity index (χ0) is 29.3. The van der Waals surface area contributed by atoms with Gasteiger partial charge >= 0.3 is 0 Å². The van der Waals surface area contributed by atoms with Crippen LogP contribution in [0.4, 0.5) is 5.69 Å². The minimum atomic E-state index is -0.268. The van der Waals surface area contributed by atoms with Gasteiger partial charge in [0.1, 0.15) is 43.4 Å². The second-order valence-corrected chi connectivity index (χ2v) is 9.93. The minimum absolute atomic E-state index is 0.268. The van der Waals surface area contributed by atoms with E-state index < -0.39 is 0 Å². The van der Waals surface area contributed by atoms with Gasteiger partial charge in [-0.05, 0) is 70.8 Å². The van der Waals surface area contributed by atoms with Gasteiger partial charge in [0.15, 0.2) is 0 Å². The average Bonchev–Trinajstić information content (AvgIpc) is 3.62. The van der Waals surface area contributed by atoms with Crippen molar-refractivity contribution < 1.29 is 9.47 Å². The van der Waals surface area contributed by atoms with Crippen LogP contribution in [0.2, 0.25) is 0 Å². The van der Waals surface area contributed by atoms with E-state index in [1.54, 1.807) is 12.7 Å². The molecule has 0 aliphatic carbocycles. The summed E-state index contributed by atoms with van der Waals surface area (Å²) in [5, 5.41) is 19.7. The van der Waals surface area contributed by atoms with Crippen LogP contribution >= 0.6 is 0 Å². The highest BCUT2D eigenvalue weighted by Crippen LogP contribution is 2.35. The van der Waals surface area contributed by atoms with Crippen LogP contribution in [0, 0.1) is 11.3 Å². The summed E-state index contributed by atoms with van der Waals surface area (Å²) in [6, 6.07) is 45.9. The van der Waals surface area contributed by atoms with Crippen molar-refractivity contribution in [3.05, 3.63) is 174 Å². The van der Waals surface area contributed by atoms with Crippen LogP contribution in [-0.2, 0) is 13.2 Å². The number of hydrogen-bond donors (Lipinski definition) is 0. The van der Waals surface area contributed by atoms with E-state index in [2.05, 4.69) is 45.5 Å². The lowest BCUT2D eigenvalue weighted by molar-refractivity contribution is 0.306. The van der Waals surface area contributed by atoms with E-state index in [-0.39, 0.29) is 6.04 Å². The molecule has 0 spiro atoms. The smallest absolute Gasteiger partial charge is 0.139 e. The predicted octanol–water partition coefficient (Wildman–Crippen LogP) is 7.37. The molecule has 7 heteroatoms. The topological polar surface area (TPSA) is 76.2 Å². The zero-order valence-electron chi connectivity index (χ0n) is 23.4. The van der Waals surface area contributed by atoms with Gasteiger partial charge in [-0.1, -0.05) is 84.9 Å². The van der Waals surface area contributed by atoms with Crippen molar-refractivity contribution in [3.63, 3.8) is 0 Å². The average molecular weight is 564 g/mol. The van der Waals surface area contributed by atoms with Crippen LogP contribution in [0.5, 0.6) is 11.5 Å². The van der Waals surface area contributed by atoms with Gasteiger partial charge in [-0.15, -0.1) is 10.2 Å². The van der Waals surface area contributed by atoms with Gasteiger partial charge in [0.2, 0.25) is 0 Å². The number of rotatable bonds is 11. The van der Waals surface area contributed by atoms with Gasteiger partial charge in [0.05, 0.1) is 17.3 Å². The van der Waals surface area contributed by atoms with Crippen molar-refractivity contribution in [1.29, 1.82) is 5.26 Å². The lowest BCUT2D eigenvalue weighted by Crippen LogP contribution is -2.34. The molecular formula is C36H29N5O2. The molecule has 0 radical (unpaired) electrons. The van der Waals surface area contributed by atoms with Gasteiger partial charge in [-0.3, -0.25) is 5.01 Å². The molecule has 0 unspecified atom stereocenters. The van der Waals surface area contributed by atoms with Gasteiger partial charge in [0, 0.05) is 0 Å². The fraction of sp³-hybridized carbons (Fsp3) is 0.0833. The molecular weight excluding hydrogens is 534 g/mol. The molecule has 0 saturated heterocycles. The summed E-state index contributed by atoms with van der Waals surface area (Å²) in [5.74, 6) is 1.57. The quantitative estimate of drug-likeness (QED) is 0.164. The molecule has 0 bridgehead atoms. The summed E-state index contributed by atoms with van der Waals surface area (Å²) in [7, 11) is 0. The number of benzene rings is 5. The Labute approximate surface area is 250 Å². The summed E-state index contributed by atoms with van der Waals surface area (Å²) in [4.78, 5) is 0. The molecule has 6 aromatic rings. The molecule has 210 valence electrons. The molecule has 43 heavy (non-hydrogen) atoms. The first kappa shape index (κ1) is 27.3. The van der Waals surface area contributed by atoms with Crippen molar-refractivity contribution in [2.45, 2.75) is 19.3 Å². The number of ether oxygens (including phenoxy) is 2. The van der Waals surface area contributed by atoms with Gasteiger partial charge in [-0.25, -0.2) is 4.68 Å². The summed E-state index contributed by atoms with van der Waals surface area (Å²) >= 11 is 0.